The molecule has 0 saturated carbocycles. The zero-order chi connectivity index (χ0) is 10.3. The van der Waals surface area contributed by atoms with Gasteiger partial charge in [0.25, 0.3) is 0 Å². The van der Waals surface area contributed by atoms with Gasteiger partial charge in [0.1, 0.15) is 0 Å². The fraction of sp³-hybridized carbons (Fsp3) is 0.556. The van der Waals surface area contributed by atoms with E-state index in [1.165, 1.54) is 0 Å². The predicted octanol–water partition coefficient (Wildman–Crippen LogP) is 1.36. The van der Waals surface area contributed by atoms with Crippen LogP contribution in [0.15, 0.2) is 12.2 Å². The predicted molar refractivity (Wildman–Crippen MR) is 47.3 cm³/mol. The lowest BCUT2D eigenvalue weighted by Gasteiger charge is -2.01. The van der Waals surface area contributed by atoms with E-state index in [0.29, 0.717) is 19.4 Å². The van der Waals surface area contributed by atoms with Crippen LogP contribution in [0.1, 0.15) is 26.2 Å². The number of carboxylic acid groups (broad SMARTS) is 1. The number of carbonyl (C=O) groups is 2. The third-order valence-corrected chi connectivity index (χ3v) is 1.47. The van der Waals surface area contributed by atoms with Crippen LogP contribution in [0.4, 0.5) is 0 Å². The molecule has 74 valence electrons. The Bertz CT molecular complexity index is 208. The van der Waals surface area contributed by atoms with Crippen molar-refractivity contribution in [2.75, 3.05) is 6.61 Å². The zero-order valence-corrected chi connectivity index (χ0v) is 7.71. The standard InChI is InChI=1S/C9H14O4/c1-3-13-8(10)6-4-5-7(2)9(11)12/h2-6H2,1H3,(H,11,12). The van der Waals surface area contributed by atoms with E-state index in [0.717, 1.165) is 0 Å². The van der Waals surface area contributed by atoms with E-state index >= 15 is 0 Å². The van der Waals surface area contributed by atoms with E-state index in [1.807, 2.05) is 0 Å². The first-order valence-electron chi connectivity index (χ1n) is 4.14. The molecular formula is C9H14O4. The third-order valence-electron chi connectivity index (χ3n) is 1.47. The van der Waals surface area contributed by atoms with Gasteiger partial charge in [0.2, 0.25) is 0 Å². The van der Waals surface area contributed by atoms with E-state index in [4.69, 9.17) is 5.11 Å². The van der Waals surface area contributed by atoms with E-state index in [9.17, 15) is 9.59 Å². The SMILES string of the molecule is C=C(CCCC(=O)OCC)C(=O)O. The highest BCUT2D eigenvalue weighted by molar-refractivity contribution is 5.85. The van der Waals surface area contributed by atoms with Gasteiger partial charge in [-0.05, 0) is 19.8 Å². The number of hydrogen-bond donors (Lipinski definition) is 1. The highest BCUT2D eigenvalue weighted by atomic mass is 16.5. The van der Waals surface area contributed by atoms with Gasteiger partial charge in [-0.2, -0.15) is 0 Å². The second-order valence-electron chi connectivity index (χ2n) is 2.57. The van der Waals surface area contributed by atoms with Crippen LogP contribution in [0.5, 0.6) is 0 Å². The number of hydrogen-bond acceptors (Lipinski definition) is 3. The van der Waals surface area contributed by atoms with Crippen LogP contribution in [0, 0.1) is 0 Å². The second kappa shape index (κ2) is 6.22. The first-order chi connectivity index (χ1) is 6.07. The Morgan fingerprint density at radius 3 is 2.46 bits per heavy atom. The van der Waals surface area contributed by atoms with Crippen molar-refractivity contribution in [1.82, 2.24) is 0 Å². The van der Waals surface area contributed by atoms with Crippen molar-refractivity contribution in [1.29, 1.82) is 0 Å². The van der Waals surface area contributed by atoms with Gasteiger partial charge < -0.3 is 9.84 Å². The summed E-state index contributed by atoms with van der Waals surface area (Å²) in [6.07, 6.45) is 1.05. The third kappa shape index (κ3) is 5.90. The van der Waals surface area contributed by atoms with E-state index in [1.54, 1.807) is 6.92 Å². The largest absolute Gasteiger partial charge is 0.478 e. The number of carboxylic acids is 1. The van der Waals surface area contributed by atoms with Gasteiger partial charge in [0.15, 0.2) is 0 Å². The average Bonchev–Trinajstić information content (AvgIpc) is 2.04. The molecule has 4 heteroatoms. The first kappa shape index (κ1) is 11.7. The molecule has 0 aliphatic carbocycles. The van der Waals surface area contributed by atoms with Crippen molar-refractivity contribution in [2.24, 2.45) is 0 Å². The van der Waals surface area contributed by atoms with Crippen molar-refractivity contribution in [2.45, 2.75) is 26.2 Å². The molecule has 0 fully saturated rings. The van der Waals surface area contributed by atoms with Gasteiger partial charge >= 0.3 is 11.9 Å². The fourth-order valence-electron chi connectivity index (χ4n) is 0.786. The summed E-state index contributed by atoms with van der Waals surface area (Å²) in [5.41, 5.74) is 0.129. The van der Waals surface area contributed by atoms with Gasteiger partial charge in [-0.25, -0.2) is 4.79 Å². The van der Waals surface area contributed by atoms with Gasteiger partial charge in [-0.15, -0.1) is 0 Å². The van der Waals surface area contributed by atoms with Gasteiger partial charge in [-0.1, -0.05) is 6.58 Å². The van der Waals surface area contributed by atoms with Crippen molar-refractivity contribution < 1.29 is 19.4 Å². The van der Waals surface area contributed by atoms with Crippen molar-refractivity contribution in [3.05, 3.63) is 12.2 Å². The normalized spacial score (nSPS) is 9.31. The maximum atomic E-state index is 10.8. The van der Waals surface area contributed by atoms with Crippen LogP contribution < -0.4 is 0 Å². The minimum Gasteiger partial charge on any atom is -0.478 e. The summed E-state index contributed by atoms with van der Waals surface area (Å²) in [4.78, 5) is 21.1. The Morgan fingerprint density at radius 2 is 2.00 bits per heavy atom. The summed E-state index contributed by atoms with van der Waals surface area (Å²) in [5.74, 6) is -1.30. The number of carbonyl (C=O) groups excluding carboxylic acids is 1. The van der Waals surface area contributed by atoms with Gasteiger partial charge in [0, 0.05) is 12.0 Å². The summed E-state index contributed by atoms with van der Waals surface area (Å²) in [6.45, 7) is 5.44. The Balaban J connectivity index is 3.50. The van der Waals surface area contributed by atoms with Crippen LogP contribution >= 0.6 is 0 Å². The highest BCUT2D eigenvalue weighted by Crippen LogP contribution is 2.05. The van der Waals surface area contributed by atoms with Gasteiger partial charge in [-0.3, -0.25) is 4.79 Å². The van der Waals surface area contributed by atoms with Crippen molar-refractivity contribution in [3.63, 3.8) is 0 Å². The minimum atomic E-state index is -1.01. The molecule has 0 aromatic heterocycles. The lowest BCUT2D eigenvalue weighted by atomic mass is 10.1. The maximum absolute atomic E-state index is 10.8. The van der Waals surface area contributed by atoms with Crippen LogP contribution in [0.2, 0.25) is 0 Å². The van der Waals surface area contributed by atoms with Crippen LogP contribution in [-0.4, -0.2) is 23.7 Å². The van der Waals surface area contributed by atoms with Crippen molar-refractivity contribution >= 4 is 11.9 Å². The lowest BCUT2D eigenvalue weighted by Crippen LogP contribution is -2.05. The highest BCUT2D eigenvalue weighted by Gasteiger charge is 2.06. The number of aliphatic carboxylic acids is 1. The number of rotatable bonds is 6. The molecular weight excluding hydrogens is 172 g/mol. The Kier molecular flexibility index (Phi) is 5.59. The summed E-state index contributed by atoms with van der Waals surface area (Å²) in [7, 11) is 0. The van der Waals surface area contributed by atoms with Crippen LogP contribution in [0.25, 0.3) is 0 Å². The molecule has 0 aliphatic heterocycles. The van der Waals surface area contributed by atoms with Crippen molar-refractivity contribution in [3.8, 4) is 0 Å². The maximum Gasteiger partial charge on any atom is 0.330 e. The Hall–Kier alpha value is -1.32. The molecule has 0 bridgehead atoms. The first-order valence-corrected chi connectivity index (χ1v) is 4.14. The molecule has 0 saturated heterocycles. The second-order valence-corrected chi connectivity index (χ2v) is 2.57. The molecule has 4 nitrogen and oxygen atoms in total. The molecule has 0 amide bonds. The average molecular weight is 186 g/mol. The van der Waals surface area contributed by atoms with Crippen LogP contribution in [0.3, 0.4) is 0 Å². The summed E-state index contributed by atoms with van der Waals surface area (Å²) in [6, 6.07) is 0. The number of esters is 1. The Morgan fingerprint density at radius 1 is 1.38 bits per heavy atom. The summed E-state index contributed by atoms with van der Waals surface area (Å²) >= 11 is 0. The topological polar surface area (TPSA) is 63.6 Å². The molecule has 0 unspecified atom stereocenters. The molecule has 13 heavy (non-hydrogen) atoms. The molecule has 0 aliphatic rings. The van der Waals surface area contributed by atoms with E-state index < -0.39 is 5.97 Å². The molecule has 0 atom stereocenters. The lowest BCUT2D eigenvalue weighted by molar-refractivity contribution is -0.143. The number of ether oxygens (including phenoxy) is 1. The Labute approximate surface area is 77.2 Å². The molecule has 0 aromatic carbocycles. The molecule has 1 N–H and O–H groups in total. The van der Waals surface area contributed by atoms with E-state index in [2.05, 4.69) is 11.3 Å². The summed E-state index contributed by atoms with van der Waals surface area (Å²) < 4.78 is 4.67. The minimum absolute atomic E-state index is 0.129. The van der Waals surface area contributed by atoms with E-state index in [-0.39, 0.29) is 18.0 Å². The molecule has 0 rings (SSSR count). The van der Waals surface area contributed by atoms with Crippen LogP contribution in [-0.2, 0) is 14.3 Å². The zero-order valence-electron chi connectivity index (χ0n) is 7.71. The molecule has 0 radical (unpaired) electrons. The smallest absolute Gasteiger partial charge is 0.330 e. The molecule has 0 heterocycles. The molecule has 0 aromatic rings. The molecule has 0 spiro atoms. The summed E-state index contributed by atoms with van der Waals surface area (Å²) in [5, 5.41) is 8.43. The monoisotopic (exact) mass is 186 g/mol. The van der Waals surface area contributed by atoms with Gasteiger partial charge in [0.05, 0.1) is 6.61 Å². The fourth-order valence-corrected chi connectivity index (χ4v) is 0.786. The quantitative estimate of drug-likeness (QED) is 0.502.